The van der Waals surface area contributed by atoms with E-state index in [9.17, 15) is 0 Å². The molecule has 0 nitrogen and oxygen atoms in total. The number of hydrogen-bond acceptors (Lipinski definition) is 0. The van der Waals surface area contributed by atoms with Crippen LogP contribution in [0, 0.1) is 205 Å². The fourth-order valence-corrected chi connectivity index (χ4v) is 15.6. The lowest BCUT2D eigenvalue weighted by Gasteiger charge is -2.42. The van der Waals surface area contributed by atoms with Crippen molar-refractivity contribution in [1.82, 2.24) is 0 Å². The lowest BCUT2D eigenvalue weighted by atomic mass is 8.66. The summed E-state index contributed by atoms with van der Waals surface area (Å²) in [4.78, 5) is 0. The molecule has 0 amide bonds. The van der Waals surface area contributed by atoms with Gasteiger partial charge < -0.3 is 0 Å². The van der Waals surface area contributed by atoms with Gasteiger partial charge in [-0.05, 0) is 290 Å². The Morgan fingerprint density at radius 1 is 0.303 bits per heavy atom. The largest absolute Gasteiger partial charge is 0.115 e. The van der Waals surface area contributed by atoms with Gasteiger partial charge in [-0.25, -0.2) is 0 Å². The number of fused-ring (bicyclic) bond motifs is 6. The molecule has 0 aliphatic carbocycles. The molecule has 0 atom stereocenters. The minimum Gasteiger partial charge on any atom is -0.115 e. The highest BCUT2D eigenvalue weighted by atomic mass is 14.3. The van der Waals surface area contributed by atoms with Crippen LogP contribution in [-0.2, 0) is 0 Å². The van der Waals surface area contributed by atoms with Crippen LogP contribution in [-0.4, -0.2) is 195 Å². The molecule has 420 valence electrons. The minimum atomic E-state index is -1.28. The molecule has 0 heterocycles. The van der Waals surface area contributed by atoms with E-state index in [1.165, 1.54) is 14.1 Å². The van der Waals surface area contributed by atoms with Crippen molar-refractivity contribution in [3.8, 4) is 130 Å². The highest BCUT2D eigenvalue weighted by Gasteiger charge is 2.43. The lowest BCUT2D eigenvalue weighted by molar-refractivity contribution is 1.24. The summed E-state index contributed by atoms with van der Waals surface area (Å²) in [7, 11) is 108. The van der Waals surface area contributed by atoms with Crippen LogP contribution in [0.2, 0.25) is 0 Å². The van der Waals surface area contributed by atoms with Gasteiger partial charge in [0.2, 0.25) is 0 Å². The van der Waals surface area contributed by atoms with Crippen molar-refractivity contribution in [2.75, 3.05) is 0 Å². The SMILES string of the molecule is [B][B]B([B])B(B([B])[B])c1c(B(B([B])[B])B([B])[B])c(B([B][B])B([B])[B])c(B([B])B([B])[B])c2c(-c3c4c(C)c(C)c(C)c(C)c4c(-c4c(C#CC#CC#C)c(C#CC#CC)c5c(c4C)c(C)c(C)c4c(C)c(C#C)c(C#CC)c(C#CC#C)c45)c4c(C)c(C)c(C)c(C)c34)c(C)c(C)c([B])c12. The van der Waals surface area contributed by atoms with Crippen LogP contribution in [0.4, 0.5) is 0 Å². The summed E-state index contributed by atoms with van der Waals surface area (Å²) >= 11 is 0. The first-order valence-corrected chi connectivity index (χ1v) is 32.6. The predicted octanol–water partition coefficient (Wildman–Crippen LogP) is 1.40. The molecule has 0 aliphatic heterocycles. The first-order valence-electron chi connectivity index (χ1n) is 32.6. The van der Waals surface area contributed by atoms with Crippen molar-refractivity contribution < 1.29 is 0 Å². The molecule has 0 bridgehead atoms. The Morgan fingerprint density at radius 2 is 0.747 bits per heavy atom. The summed E-state index contributed by atoms with van der Waals surface area (Å²) in [6.07, 6.45) is 10.9. The van der Waals surface area contributed by atoms with Crippen molar-refractivity contribution in [3.05, 3.63) is 106 Å². The van der Waals surface area contributed by atoms with Gasteiger partial charge in [-0.2, -0.15) is 0 Å². The molecule has 0 saturated carbocycles. The van der Waals surface area contributed by atoms with E-state index in [-0.39, 0.29) is 0 Å². The Labute approximate surface area is 617 Å². The summed E-state index contributed by atoms with van der Waals surface area (Å²) in [6, 6.07) is 0. The van der Waals surface area contributed by atoms with Crippen LogP contribution in [0.3, 0.4) is 0 Å². The zero-order valence-corrected chi connectivity index (χ0v) is 59.8. The van der Waals surface area contributed by atoms with Crippen LogP contribution in [0.5, 0.6) is 0 Å². The molecule has 0 spiro atoms. The van der Waals surface area contributed by atoms with Crippen molar-refractivity contribution in [2.45, 2.75) is 111 Å². The fourth-order valence-electron chi connectivity index (χ4n) is 15.6. The third-order valence-electron chi connectivity index (χ3n) is 21.1. The molecule has 0 fully saturated rings. The molecule has 0 saturated heterocycles. The maximum Gasteiger partial charge on any atom is 0.115 e. The summed E-state index contributed by atoms with van der Waals surface area (Å²) in [6.45, 7) is 28.5. The number of benzene rings is 8. The molecule has 99 heavy (non-hydrogen) atoms. The van der Waals surface area contributed by atoms with Crippen LogP contribution in [0.15, 0.2) is 0 Å². The number of hydrogen-bond donors (Lipinski definition) is 0. The predicted molar refractivity (Wildman–Crippen MR) is 465 cm³/mol. The Morgan fingerprint density at radius 3 is 1.17 bits per heavy atom. The van der Waals surface area contributed by atoms with E-state index >= 15 is 0 Å². The standard InChI is InChI=1S/C72H51B27/c1-20-25-28-30-34-52-53(33-29-26-21-2)63-55(44(15)43(14)54-47(18)49(24-5)50(31-23-4)51(62(54)63)32-27-22-3)48(19)56(52)64-57-39(10)35(6)37(8)41(12)59(57)65(60-42(13)38(9)36(7)40(11)58(60)64)61-45(16)46(17)68(73)67-66(61)69(90(76)94(77)78)71(91(88-74)95(79)80)72(92(96(81)82)97(83)84)70(67)93(98(85)86)99(87)89-75/h1,3,5H,2,4,6-19H3. The van der Waals surface area contributed by atoms with Crippen molar-refractivity contribution >= 4 is 276 Å². The second kappa shape index (κ2) is 31.0. The van der Waals surface area contributed by atoms with Crippen molar-refractivity contribution in [2.24, 2.45) is 0 Å². The number of terminal acetylenes is 3. The van der Waals surface area contributed by atoms with E-state index in [4.69, 9.17) is 135 Å². The molecule has 0 N–H and O–H groups in total. The number of rotatable bonds is 14. The van der Waals surface area contributed by atoms with Crippen LogP contribution in [0.25, 0.3) is 76.1 Å². The molecule has 8 aromatic carbocycles. The summed E-state index contributed by atoms with van der Waals surface area (Å²) < 4.78 is 0. The van der Waals surface area contributed by atoms with Gasteiger partial charge in [0.05, 0.1) is 48.2 Å². The second-order valence-electron chi connectivity index (χ2n) is 26.1. The zero-order valence-electron chi connectivity index (χ0n) is 59.8. The second-order valence-corrected chi connectivity index (χ2v) is 26.1. The average molecular weight is 1210 g/mol. The third kappa shape index (κ3) is 12.8. The molecular formula is C72H51B27. The van der Waals surface area contributed by atoms with Gasteiger partial charge in [0.25, 0.3) is 0 Å². The van der Waals surface area contributed by atoms with E-state index in [0.29, 0.717) is 77.0 Å². The molecule has 8 rings (SSSR count). The van der Waals surface area contributed by atoms with Crippen LogP contribution >= 0.6 is 0 Å². The smallest absolute Gasteiger partial charge is 0.115 e. The summed E-state index contributed by atoms with van der Waals surface area (Å²) in [5.41, 5.74) is 20.7. The normalized spacial score (nSPS) is 10.3. The molecule has 0 aliphatic rings. The van der Waals surface area contributed by atoms with E-state index in [2.05, 4.69) is 165 Å². The molecular weight excluding hydrogens is 1160 g/mol. The fraction of sp³-hybridized carbons (Fsp3) is 0.222. The zero-order chi connectivity index (χ0) is 73.7. The van der Waals surface area contributed by atoms with Crippen LogP contribution < -0.4 is 27.3 Å². The molecule has 32 radical (unpaired) electrons. The maximum absolute atomic E-state index is 7.83. The Balaban J connectivity index is 1.97. The lowest BCUT2D eigenvalue weighted by Crippen LogP contribution is -2.80. The first-order chi connectivity index (χ1) is 46.7. The monoisotopic (exact) mass is 1210 g/mol. The highest BCUT2D eigenvalue weighted by molar-refractivity contribution is 7.89. The van der Waals surface area contributed by atoms with E-state index in [1.54, 1.807) is 13.8 Å². The molecule has 0 unspecified atom stereocenters. The molecule has 0 aromatic heterocycles. The van der Waals surface area contributed by atoms with Gasteiger partial charge in [0.15, 0.2) is 0 Å². The van der Waals surface area contributed by atoms with Gasteiger partial charge in [-0.15, -0.1) is 36.1 Å². The molecule has 27 heteroatoms. The summed E-state index contributed by atoms with van der Waals surface area (Å²) in [5, 5.41) is 7.70. The van der Waals surface area contributed by atoms with Crippen molar-refractivity contribution in [3.63, 3.8) is 0 Å². The molecule has 8 aromatic rings. The van der Waals surface area contributed by atoms with Gasteiger partial charge in [0.1, 0.15) is 7.85 Å². The van der Waals surface area contributed by atoms with Gasteiger partial charge >= 0.3 is 0 Å². The van der Waals surface area contributed by atoms with E-state index in [0.717, 1.165) is 132 Å². The van der Waals surface area contributed by atoms with Gasteiger partial charge in [-0.3, -0.25) is 0 Å². The third-order valence-corrected chi connectivity index (χ3v) is 21.1. The van der Waals surface area contributed by atoms with Gasteiger partial charge in [-0.1, -0.05) is 57.5 Å². The number of aryl methyl sites for hydroxylation is 8. The first kappa shape index (κ1) is 77.6. The van der Waals surface area contributed by atoms with Crippen molar-refractivity contribution in [1.29, 1.82) is 0 Å². The Kier molecular flexibility index (Phi) is 24.3. The Bertz CT molecular complexity index is 5300. The highest BCUT2D eigenvalue weighted by Crippen LogP contribution is 2.55. The maximum atomic E-state index is 7.83. The average Bonchev–Trinajstić information content (AvgIpc) is 0.684. The topological polar surface area (TPSA) is 0 Å². The van der Waals surface area contributed by atoms with E-state index < -0.39 is 64.3 Å². The van der Waals surface area contributed by atoms with Gasteiger partial charge in [0, 0.05) is 183 Å². The quantitative estimate of drug-likeness (QED) is 0.0670. The van der Waals surface area contributed by atoms with E-state index in [1.807, 2.05) is 20.8 Å². The Hall–Kier alpha value is -7.15. The minimum absolute atomic E-state index is 0.295. The van der Waals surface area contributed by atoms with Crippen LogP contribution in [0.1, 0.15) is 120 Å². The summed E-state index contributed by atoms with van der Waals surface area (Å²) in [5.74, 6) is 46.1.